The number of halogens is 3. The standard InChI is InChI=1S/C18H26F3N3O2/c1-16(2)9-13(10-17(3,4)24-16)23-15(25)22-12-5-7-14(8-6-12)26-11-18(19,20)21/h5-8,13,24H,9-11H2,1-4H3,(H2,22,23,25). The Kier molecular flexibility index (Phi) is 5.75. The molecule has 1 aliphatic rings. The van der Waals surface area contributed by atoms with E-state index >= 15 is 0 Å². The van der Waals surface area contributed by atoms with Gasteiger partial charge in [0.2, 0.25) is 0 Å². The smallest absolute Gasteiger partial charge is 0.422 e. The molecule has 1 saturated heterocycles. The SMILES string of the molecule is CC1(C)CC(NC(=O)Nc2ccc(OCC(F)(F)F)cc2)CC(C)(C)N1. The molecule has 3 N–H and O–H groups in total. The van der Waals surface area contributed by atoms with Gasteiger partial charge in [-0.2, -0.15) is 13.2 Å². The minimum Gasteiger partial charge on any atom is -0.484 e. The van der Waals surface area contributed by atoms with Gasteiger partial charge in [-0.15, -0.1) is 0 Å². The van der Waals surface area contributed by atoms with Crippen LogP contribution in [0.5, 0.6) is 5.75 Å². The summed E-state index contributed by atoms with van der Waals surface area (Å²) in [5, 5.41) is 9.21. The zero-order chi connectivity index (χ0) is 19.6. The second kappa shape index (κ2) is 7.34. The number of carbonyl (C=O) groups excluding carboxylic acids is 1. The molecule has 5 nitrogen and oxygen atoms in total. The largest absolute Gasteiger partial charge is 0.484 e. The fraction of sp³-hybridized carbons (Fsp3) is 0.611. The van der Waals surface area contributed by atoms with Gasteiger partial charge in [0, 0.05) is 22.8 Å². The molecule has 8 heteroatoms. The first-order valence-corrected chi connectivity index (χ1v) is 8.50. The van der Waals surface area contributed by atoms with Gasteiger partial charge in [0.25, 0.3) is 0 Å². The summed E-state index contributed by atoms with van der Waals surface area (Å²) in [7, 11) is 0. The van der Waals surface area contributed by atoms with E-state index in [0.717, 1.165) is 12.8 Å². The van der Waals surface area contributed by atoms with Gasteiger partial charge in [0.05, 0.1) is 0 Å². The van der Waals surface area contributed by atoms with Crippen LogP contribution in [0.2, 0.25) is 0 Å². The molecule has 1 aromatic rings. The lowest BCUT2D eigenvalue weighted by Crippen LogP contribution is -2.62. The molecule has 0 aromatic heterocycles. The van der Waals surface area contributed by atoms with Gasteiger partial charge in [0.15, 0.2) is 6.61 Å². The number of benzene rings is 1. The molecular formula is C18H26F3N3O2. The highest BCUT2D eigenvalue weighted by Crippen LogP contribution is 2.28. The molecule has 1 fully saturated rings. The summed E-state index contributed by atoms with van der Waals surface area (Å²) in [6.45, 7) is 7.04. The van der Waals surface area contributed by atoms with Crippen LogP contribution < -0.4 is 20.7 Å². The molecule has 0 atom stereocenters. The Morgan fingerprint density at radius 1 is 1.15 bits per heavy atom. The third-order valence-corrected chi connectivity index (χ3v) is 4.04. The number of amides is 2. The van der Waals surface area contributed by atoms with E-state index in [2.05, 4.69) is 48.4 Å². The topological polar surface area (TPSA) is 62.4 Å². The van der Waals surface area contributed by atoms with Crippen molar-refractivity contribution in [1.82, 2.24) is 10.6 Å². The van der Waals surface area contributed by atoms with Crippen molar-refractivity contribution in [2.24, 2.45) is 0 Å². The van der Waals surface area contributed by atoms with Crippen molar-refractivity contribution in [1.29, 1.82) is 0 Å². The van der Waals surface area contributed by atoms with E-state index in [0.29, 0.717) is 5.69 Å². The van der Waals surface area contributed by atoms with Crippen LogP contribution in [0.3, 0.4) is 0 Å². The number of ether oxygens (including phenoxy) is 1. The van der Waals surface area contributed by atoms with E-state index < -0.39 is 12.8 Å². The second-order valence-corrected chi connectivity index (χ2v) is 8.02. The lowest BCUT2D eigenvalue weighted by Gasteiger charge is -2.46. The number of hydrogen-bond acceptors (Lipinski definition) is 3. The zero-order valence-electron chi connectivity index (χ0n) is 15.5. The molecular weight excluding hydrogens is 347 g/mol. The number of hydrogen-bond donors (Lipinski definition) is 3. The Balaban J connectivity index is 1.87. The summed E-state index contributed by atoms with van der Waals surface area (Å²) in [5.41, 5.74) is 0.309. The molecule has 2 rings (SSSR count). The van der Waals surface area contributed by atoms with Crippen LogP contribution >= 0.6 is 0 Å². The van der Waals surface area contributed by atoms with Crippen LogP contribution in [0.4, 0.5) is 23.7 Å². The van der Waals surface area contributed by atoms with Crippen LogP contribution in [0.15, 0.2) is 24.3 Å². The minimum absolute atomic E-state index is 0.0237. The van der Waals surface area contributed by atoms with E-state index in [1.54, 1.807) is 0 Å². The van der Waals surface area contributed by atoms with Gasteiger partial charge in [0.1, 0.15) is 5.75 Å². The summed E-state index contributed by atoms with van der Waals surface area (Å²) in [6.07, 6.45) is -2.78. The maximum Gasteiger partial charge on any atom is 0.422 e. The molecule has 0 bridgehead atoms. The van der Waals surface area contributed by atoms with Gasteiger partial charge in [-0.05, 0) is 64.8 Å². The fourth-order valence-corrected chi connectivity index (χ4v) is 3.58. The number of nitrogens with one attached hydrogen (secondary N) is 3. The molecule has 0 spiro atoms. The first-order valence-electron chi connectivity index (χ1n) is 8.50. The van der Waals surface area contributed by atoms with E-state index in [1.807, 2.05) is 0 Å². The maximum atomic E-state index is 12.2. The van der Waals surface area contributed by atoms with Gasteiger partial charge in [-0.3, -0.25) is 0 Å². The third-order valence-electron chi connectivity index (χ3n) is 4.04. The fourth-order valence-electron chi connectivity index (χ4n) is 3.58. The maximum absolute atomic E-state index is 12.2. The predicted molar refractivity (Wildman–Crippen MR) is 94.5 cm³/mol. The van der Waals surface area contributed by atoms with Crippen molar-refractivity contribution < 1.29 is 22.7 Å². The van der Waals surface area contributed by atoms with Crippen molar-refractivity contribution >= 4 is 11.7 Å². The number of urea groups is 1. The third kappa shape index (κ3) is 6.74. The molecule has 1 aliphatic heterocycles. The number of anilines is 1. The second-order valence-electron chi connectivity index (χ2n) is 8.02. The zero-order valence-corrected chi connectivity index (χ0v) is 15.5. The van der Waals surface area contributed by atoms with Gasteiger partial charge < -0.3 is 20.7 Å². The Morgan fingerprint density at radius 3 is 2.19 bits per heavy atom. The van der Waals surface area contributed by atoms with Gasteiger partial charge in [-0.1, -0.05) is 0 Å². The molecule has 1 aromatic carbocycles. The lowest BCUT2D eigenvalue weighted by molar-refractivity contribution is -0.153. The van der Waals surface area contributed by atoms with Crippen LogP contribution in [-0.4, -0.2) is 35.9 Å². The van der Waals surface area contributed by atoms with Crippen molar-refractivity contribution in [2.75, 3.05) is 11.9 Å². The molecule has 0 saturated carbocycles. The van der Waals surface area contributed by atoms with Crippen LogP contribution in [0.25, 0.3) is 0 Å². The average molecular weight is 373 g/mol. The van der Waals surface area contributed by atoms with Gasteiger partial charge in [-0.25, -0.2) is 4.79 Å². The normalized spacial score (nSPS) is 19.7. The first-order chi connectivity index (χ1) is 11.8. The number of rotatable bonds is 4. The van der Waals surface area contributed by atoms with E-state index in [4.69, 9.17) is 0 Å². The Bertz CT molecular complexity index is 612. The van der Waals surface area contributed by atoms with Crippen molar-refractivity contribution in [3.63, 3.8) is 0 Å². The number of carbonyl (C=O) groups is 1. The molecule has 0 aliphatic carbocycles. The van der Waals surface area contributed by atoms with Crippen molar-refractivity contribution in [3.05, 3.63) is 24.3 Å². The minimum atomic E-state index is -4.38. The Labute approximate surface area is 151 Å². The van der Waals surface area contributed by atoms with Crippen LogP contribution in [0.1, 0.15) is 40.5 Å². The highest BCUT2D eigenvalue weighted by Gasteiger charge is 2.38. The highest BCUT2D eigenvalue weighted by atomic mass is 19.4. The van der Waals surface area contributed by atoms with E-state index in [-0.39, 0.29) is 28.9 Å². The monoisotopic (exact) mass is 373 g/mol. The summed E-state index contributed by atoms with van der Waals surface area (Å²) < 4.78 is 41.0. The number of alkyl halides is 3. The molecule has 26 heavy (non-hydrogen) atoms. The summed E-state index contributed by atoms with van der Waals surface area (Å²) in [5.74, 6) is 0.0927. The van der Waals surface area contributed by atoms with E-state index in [9.17, 15) is 18.0 Å². The first kappa shape index (κ1) is 20.4. The summed E-state index contributed by atoms with van der Waals surface area (Å²) in [4.78, 5) is 12.2. The molecule has 146 valence electrons. The van der Waals surface area contributed by atoms with Gasteiger partial charge >= 0.3 is 12.2 Å². The molecule has 1 heterocycles. The lowest BCUT2D eigenvalue weighted by atomic mass is 9.80. The Hall–Kier alpha value is -1.96. The average Bonchev–Trinajstić information content (AvgIpc) is 2.42. The molecule has 0 radical (unpaired) electrons. The van der Waals surface area contributed by atoms with E-state index in [1.165, 1.54) is 24.3 Å². The Morgan fingerprint density at radius 2 is 1.69 bits per heavy atom. The molecule has 2 amide bonds. The van der Waals surface area contributed by atoms with Crippen LogP contribution in [-0.2, 0) is 0 Å². The number of piperidine rings is 1. The van der Waals surface area contributed by atoms with Crippen molar-refractivity contribution in [3.8, 4) is 5.75 Å². The highest BCUT2D eigenvalue weighted by molar-refractivity contribution is 5.89. The summed E-state index contributed by atoms with van der Waals surface area (Å²) in [6, 6.07) is 5.46. The quantitative estimate of drug-likeness (QED) is 0.746. The van der Waals surface area contributed by atoms with Crippen LogP contribution in [0, 0.1) is 0 Å². The van der Waals surface area contributed by atoms with Crippen molar-refractivity contribution in [2.45, 2.75) is 63.8 Å². The molecule has 0 unspecified atom stereocenters. The predicted octanol–water partition coefficient (Wildman–Crippen LogP) is 4.06. The summed E-state index contributed by atoms with van der Waals surface area (Å²) >= 11 is 0.